The average Bonchev–Trinajstić information content (AvgIpc) is 3.32. The van der Waals surface area contributed by atoms with Gasteiger partial charge in [-0.3, -0.25) is 0 Å². The normalized spacial score (nSPS) is 16.1. The molecule has 6 nitrogen and oxygen atoms in total. The Bertz CT molecular complexity index is 717. The third-order valence-electron chi connectivity index (χ3n) is 4.20. The number of hydrogen-bond donors (Lipinski definition) is 2. The molecule has 0 radical (unpaired) electrons. The Kier molecular flexibility index (Phi) is 5.04. The molecule has 0 saturated heterocycles. The van der Waals surface area contributed by atoms with Gasteiger partial charge in [-0.05, 0) is 44.4 Å². The first kappa shape index (κ1) is 16.8. The number of aliphatic imine (C=N–C) groups is 1. The molecule has 1 fully saturated rings. The third kappa shape index (κ3) is 4.26. The maximum atomic E-state index is 5.96. The molecule has 1 aliphatic rings. The zero-order valence-electron chi connectivity index (χ0n) is 14.3. The molecule has 2 N–H and O–H groups in total. The summed E-state index contributed by atoms with van der Waals surface area (Å²) in [5.74, 6) is 2.54. The second-order valence-corrected chi connectivity index (χ2v) is 6.66. The average molecular weight is 347 g/mol. The second-order valence-electron chi connectivity index (χ2n) is 6.22. The number of benzene rings is 1. The van der Waals surface area contributed by atoms with E-state index in [2.05, 4.69) is 32.7 Å². The van der Waals surface area contributed by atoms with Crippen molar-refractivity contribution < 1.29 is 0 Å². The summed E-state index contributed by atoms with van der Waals surface area (Å²) in [6.45, 7) is 4.54. The van der Waals surface area contributed by atoms with Crippen molar-refractivity contribution in [2.75, 3.05) is 0 Å². The summed E-state index contributed by atoms with van der Waals surface area (Å²) < 4.78 is 1.96. The second kappa shape index (κ2) is 7.21. The van der Waals surface area contributed by atoms with E-state index in [0.29, 0.717) is 12.6 Å². The van der Waals surface area contributed by atoms with Crippen LogP contribution in [0.3, 0.4) is 0 Å². The smallest absolute Gasteiger partial charge is 0.192 e. The Morgan fingerprint density at radius 1 is 1.33 bits per heavy atom. The molecule has 1 unspecified atom stereocenters. The Labute approximate surface area is 147 Å². The predicted molar refractivity (Wildman–Crippen MR) is 96.0 cm³/mol. The summed E-state index contributed by atoms with van der Waals surface area (Å²) in [4.78, 5) is 4.68. The van der Waals surface area contributed by atoms with Gasteiger partial charge in [-0.25, -0.2) is 4.99 Å². The van der Waals surface area contributed by atoms with Gasteiger partial charge in [0, 0.05) is 18.1 Å². The SMILES string of the molecule is Cc1nnc(CN=C(NC2CC2)NC(C)c2ccc(Cl)cc2)n1C. The van der Waals surface area contributed by atoms with Gasteiger partial charge in [0.15, 0.2) is 11.8 Å². The van der Waals surface area contributed by atoms with Gasteiger partial charge in [0.25, 0.3) is 0 Å². The molecule has 1 aromatic carbocycles. The van der Waals surface area contributed by atoms with Crippen molar-refractivity contribution in [3.63, 3.8) is 0 Å². The molecule has 0 bridgehead atoms. The first-order chi connectivity index (χ1) is 11.5. The quantitative estimate of drug-likeness (QED) is 0.645. The molecule has 1 aromatic heterocycles. The Hall–Kier alpha value is -2.08. The highest BCUT2D eigenvalue weighted by molar-refractivity contribution is 6.30. The van der Waals surface area contributed by atoms with Crippen LogP contribution in [-0.2, 0) is 13.6 Å². The molecule has 1 heterocycles. The van der Waals surface area contributed by atoms with Gasteiger partial charge in [0.05, 0.1) is 6.04 Å². The van der Waals surface area contributed by atoms with Crippen LogP contribution in [0.1, 0.15) is 43.0 Å². The molecule has 24 heavy (non-hydrogen) atoms. The lowest BCUT2D eigenvalue weighted by atomic mass is 10.1. The van der Waals surface area contributed by atoms with Crippen LogP contribution >= 0.6 is 11.6 Å². The van der Waals surface area contributed by atoms with Crippen LogP contribution in [0.25, 0.3) is 0 Å². The van der Waals surface area contributed by atoms with Crippen molar-refractivity contribution in [2.45, 2.75) is 45.3 Å². The minimum Gasteiger partial charge on any atom is -0.354 e. The van der Waals surface area contributed by atoms with Gasteiger partial charge >= 0.3 is 0 Å². The van der Waals surface area contributed by atoms with E-state index >= 15 is 0 Å². The van der Waals surface area contributed by atoms with E-state index in [9.17, 15) is 0 Å². The van der Waals surface area contributed by atoms with E-state index in [-0.39, 0.29) is 6.04 Å². The highest BCUT2D eigenvalue weighted by Gasteiger charge is 2.23. The predicted octanol–water partition coefficient (Wildman–Crippen LogP) is 2.74. The molecular formula is C17H23ClN6. The highest BCUT2D eigenvalue weighted by Crippen LogP contribution is 2.20. The molecule has 1 aliphatic carbocycles. The van der Waals surface area contributed by atoms with Gasteiger partial charge in [-0.1, -0.05) is 23.7 Å². The van der Waals surface area contributed by atoms with E-state index < -0.39 is 0 Å². The van der Waals surface area contributed by atoms with Gasteiger partial charge in [0.1, 0.15) is 12.4 Å². The van der Waals surface area contributed by atoms with Crippen molar-refractivity contribution in [1.29, 1.82) is 0 Å². The van der Waals surface area contributed by atoms with Crippen LogP contribution in [0.5, 0.6) is 0 Å². The lowest BCUT2D eigenvalue weighted by Gasteiger charge is -2.18. The molecule has 2 aromatic rings. The molecule has 3 rings (SSSR count). The fraction of sp³-hybridized carbons (Fsp3) is 0.471. The van der Waals surface area contributed by atoms with Crippen LogP contribution in [-0.4, -0.2) is 26.8 Å². The Morgan fingerprint density at radius 2 is 2.04 bits per heavy atom. The molecule has 128 valence electrons. The van der Waals surface area contributed by atoms with Crippen LogP contribution < -0.4 is 10.6 Å². The number of aryl methyl sites for hydroxylation is 1. The summed E-state index contributed by atoms with van der Waals surface area (Å²) in [5, 5.41) is 15.9. The van der Waals surface area contributed by atoms with Crippen LogP contribution in [0, 0.1) is 6.92 Å². The van der Waals surface area contributed by atoms with Gasteiger partial charge in [-0.2, -0.15) is 0 Å². The van der Waals surface area contributed by atoms with Crippen molar-refractivity contribution in [2.24, 2.45) is 12.0 Å². The molecule has 7 heteroatoms. The zero-order valence-corrected chi connectivity index (χ0v) is 15.0. The number of guanidine groups is 1. The first-order valence-corrected chi connectivity index (χ1v) is 8.58. The molecule has 0 spiro atoms. The van der Waals surface area contributed by atoms with Crippen molar-refractivity contribution in [3.05, 3.63) is 46.5 Å². The van der Waals surface area contributed by atoms with Crippen molar-refractivity contribution in [1.82, 2.24) is 25.4 Å². The zero-order chi connectivity index (χ0) is 17.1. The molecule has 1 saturated carbocycles. The Morgan fingerprint density at radius 3 is 2.62 bits per heavy atom. The fourth-order valence-electron chi connectivity index (χ4n) is 2.33. The lowest BCUT2D eigenvalue weighted by molar-refractivity contribution is 0.675. The minimum atomic E-state index is 0.133. The van der Waals surface area contributed by atoms with Gasteiger partial charge < -0.3 is 15.2 Å². The van der Waals surface area contributed by atoms with Crippen LogP contribution in [0.2, 0.25) is 5.02 Å². The first-order valence-electron chi connectivity index (χ1n) is 8.21. The maximum absolute atomic E-state index is 5.96. The molecular weight excluding hydrogens is 324 g/mol. The monoisotopic (exact) mass is 346 g/mol. The van der Waals surface area contributed by atoms with E-state index in [1.807, 2.05) is 42.8 Å². The lowest BCUT2D eigenvalue weighted by Crippen LogP contribution is -2.40. The van der Waals surface area contributed by atoms with Gasteiger partial charge in [-0.15, -0.1) is 10.2 Å². The fourth-order valence-corrected chi connectivity index (χ4v) is 2.46. The van der Waals surface area contributed by atoms with Crippen molar-refractivity contribution >= 4 is 17.6 Å². The van der Waals surface area contributed by atoms with Gasteiger partial charge in [0.2, 0.25) is 0 Å². The molecule has 1 atom stereocenters. The van der Waals surface area contributed by atoms with E-state index in [4.69, 9.17) is 11.6 Å². The number of aromatic nitrogens is 3. The number of nitrogens with one attached hydrogen (secondary N) is 2. The standard InChI is InChI=1S/C17H23ClN6/c1-11(13-4-6-14(18)7-5-13)20-17(21-15-8-9-15)19-10-16-23-22-12(2)24(16)3/h4-7,11,15H,8-10H2,1-3H3,(H2,19,20,21). The minimum absolute atomic E-state index is 0.133. The van der Waals surface area contributed by atoms with E-state index in [1.54, 1.807) is 0 Å². The number of hydrogen-bond acceptors (Lipinski definition) is 3. The van der Waals surface area contributed by atoms with E-state index in [1.165, 1.54) is 18.4 Å². The summed E-state index contributed by atoms with van der Waals surface area (Å²) in [5.41, 5.74) is 1.17. The number of nitrogens with zero attached hydrogens (tertiary/aromatic N) is 4. The number of halogens is 1. The van der Waals surface area contributed by atoms with Crippen molar-refractivity contribution in [3.8, 4) is 0 Å². The summed E-state index contributed by atoms with van der Waals surface area (Å²) in [6, 6.07) is 8.52. The van der Waals surface area contributed by atoms with Crippen LogP contribution in [0.4, 0.5) is 0 Å². The molecule has 0 amide bonds. The number of rotatable bonds is 5. The Balaban J connectivity index is 1.69. The topological polar surface area (TPSA) is 67.1 Å². The summed E-state index contributed by atoms with van der Waals surface area (Å²) in [6.07, 6.45) is 2.39. The summed E-state index contributed by atoms with van der Waals surface area (Å²) >= 11 is 5.96. The van der Waals surface area contributed by atoms with E-state index in [0.717, 1.165) is 22.6 Å². The molecule has 0 aliphatic heterocycles. The largest absolute Gasteiger partial charge is 0.354 e. The third-order valence-corrected chi connectivity index (χ3v) is 4.45. The summed E-state index contributed by atoms with van der Waals surface area (Å²) in [7, 11) is 1.96. The van der Waals surface area contributed by atoms with Crippen LogP contribution in [0.15, 0.2) is 29.3 Å². The highest BCUT2D eigenvalue weighted by atomic mass is 35.5. The maximum Gasteiger partial charge on any atom is 0.192 e.